The maximum absolute atomic E-state index is 12.7. The number of amides is 1. The molecule has 0 saturated carbocycles. The van der Waals surface area contributed by atoms with Crippen molar-refractivity contribution >= 4 is 39.3 Å². The van der Waals surface area contributed by atoms with Gasteiger partial charge in [0.05, 0.1) is 5.75 Å². The number of benzene rings is 2. The third-order valence-electron chi connectivity index (χ3n) is 4.21. The number of aromatic nitrogens is 2. The molecule has 1 aliphatic rings. The molecule has 132 valence electrons. The van der Waals surface area contributed by atoms with Crippen LogP contribution in [0.3, 0.4) is 0 Å². The third-order valence-corrected chi connectivity index (χ3v) is 5.50. The molecule has 0 radical (unpaired) electrons. The second-order valence-electron chi connectivity index (χ2n) is 5.95. The molecular formula is C19H16BrN3O2S. The van der Waals surface area contributed by atoms with E-state index < -0.39 is 0 Å². The average Bonchev–Trinajstić information content (AvgIpc) is 3.15. The number of fused-ring (bicyclic) bond motifs is 1. The maximum atomic E-state index is 12.7. The number of carbonyl (C=O) groups excluding carboxylic acids is 1. The van der Waals surface area contributed by atoms with Gasteiger partial charge >= 0.3 is 0 Å². The van der Waals surface area contributed by atoms with Crippen LogP contribution in [0.1, 0.15) is 12.0 Å². The summed E-state index contributed by atoms with van der Waals surface area (Å²) in [5.41, 5.74) is 3.09. The Morgan fingerprint density at radius 2 is 2.08 bits per heavy atom. The molecule has 0 N–H and O–H groups in total. The SMILES string of the molecule is O=C(CSc1nnc(-c2cccc(Br)c2)o1)N1CCCc2ccccc21. The Balaban J connectivity index is 1.43. The molecule has 5 nitrogen and oxygen atoms in total. The zero-order chi connectivity index (χ0) is 17.9. The van der Waals surface area contributed by atoms with Gasteiger partial charge in [-0.15, -0.1) is 10.2 Å². The van der Waals surface area contributed by atoms with Crippen LogP contribution in [0.25, 0.3) is 11.5 Å². The predicted octanol–water partition coefficient (Wildman–Crippen LogP) is 4.57. The van der Waals surface area contributed by atoms with Crippen molar-refractivity contribution in [3.63, 3.8) is 0 Å². The highest BCUT2D eigenvalue weighted by molar-refractivity contribution is 9.10. The van der Waals surface area contributed by atoms with Crippen LogP contribution in [0.5, 0.6) is 0 Å². The summed E-state index contributed by atoms with van der Waals surface area (Å²) in [7, 11) is 0. The first-order chi connectivity index (χ1) is 12.7. The van der Waals surface area contributed by atoms with Crippen LogP contribution in [0.2, 0.25) is 0 Å². The molecule has 7 heteroatoms. The summed E-state index contributed by atoms with van der Waals surface area (Å²) in [5.74, 6) is 0.781. The minimum absolute atomic E-state index is 0.0596. The first-order valence-electron chi connectivity index (χ1n) is 8.31. The molecule has 0 saturated heterocycles. The highest BCUT2D eigenvalue weighted by Gasteiger charge is 2.22. The monoisotopic (exact) mass is 429 g/mol. The number of thioether (sulfide) groups is 1. The van der Waals surface area contributed by atoms with E-state index in [0.717, 1.165) is 35.1 Å². The number of halogens is 1. The summed E-state index contributed by atoms with van der Waals surface area (Å²) in [6.45, 7) is 0.754. The van der Waals surface area contributed by atoms with Crippen molar-refractivity contribution in [1.29, 1.82) is 0 Å². The number of nitrogens with zero attached hydrogens (tertiary/aromatic N) is 3. The van der Waals surface area contributed by atoms with Crippen molar-refractivity contribution in [1.82, 2.24) is 10.2 Å². The summed E-state index contributed by atoms with van der Waals surface area (Å²) < 4.78 is 6.63. The minimum atomic E-state index is 0.0596. The Morgan fingerprint density at radius 3 is 2.96 bits per heavy atom. The summed E-state index contributed by atoms with van der Waals surface area (Å²) in [4.78, 5) is 14.5. The Bertz CT molecular complexity index is 944. The number of hydrogen-bond donors (Lipinski definition) is 0. The number of anilines is 1. The van der Waals surface area contributed by atoms with Crippen LogP contribution < -0.4 is 4.90 Å². The molecule has 1 amide bonds. The minimum Gasteiger partial charge on any atom is -0.411 e. The summed E-state index contributed by atoms with van der Waals surface area (Å²) in [5, 5.41) is 8.52. The number of hydrogen-bond acceptors (Lipinski definition) is 5. The van der Waals surface area contributed by atoms with E-state index in [1.54, 1.807) is 0 Å². The first-order valence-corrected chi connectivity index (χ1v) is 10.1. The number of carbonyl (C=O) groups is 1. The number of aryl methyl sites for hydroxylation is 1. The Morgan fingerprint density at radius 1 is 1.19 bits per heavy atom. The molecule has 3 aromatic rings. The Hall–Kier alpha value is -2.12. The van der Waals surface area contributed by atoms with Crippen LogP contribution in [0.15, 0.2) is 62.6 Å². The van der Waals surface area contributed by atoms with E-state index in [0.29, 0.717) is 11.1 Å². The van der Waals surface area contributed by atoms with Gasteiger partial charge in [-0.25, -0.2) is 0 Å². The zero-order valence-corrected chi connectivity index (χ0v) is 16.3. The second kappa shape index (κ2) is 7.63. The van der Waals surface area contributed by atoms with E-state index >= 15 is 0 Å². The van der Waals surface area contributed by atoms with E-state index in [1.165, 1.54) is 17.3 Å². The number of para-hydroxylation sites is 1. The fourth-order valence-corrected chi connectivity index (χ4v) is 4.04. The van der Waals surface area contributed by atoms with E-state index in [1.807, 2.05) is 47.4 Å². The molecule has 0 bridgehead atoms. The average molecular weight is 430 g/mol. The highest BCUT2D eigenvalue weighted by atomic mass is 79.9. The topological polar surface area (TPSA) is 59.2 Å². The van der Waals surface area contributed by atoms with Gasteiger partial charge in [-0.05, 0) is 42.7 Å². The van der Waals surface area contributed by atoms with Crippen LogP contribution >= 0.6 is 27.7 Å². The Kier molecular flexibility index (Phi) is 5.08. The second-order valence-corrected chi connectivity index (χ2v) is 7.79. The van der Waals surface area contributed by atoms with Crippen molar-refractivity contribution in [2.75, 3.05) is 17.2 Å². The van der Waals surface area contributed by atoms with Crippen molar-refractivity contribution in [3.8, 4) is 11.5 Å². The van der Waals surface area contributed by atoms with Gasteiger partial charge in [0.2, 0.25) is 11.8 Å². The van der Waals surface area contributed by atoms with Crippen LogP contribution in [0.4, 0.5) is 5.69 Å². The molecule has 4 rings (SSSR count). The van der Waals surface area contributed by atoms with Gasteiger partial charge in [0.1, 0.15) is 0 Å². The highest BCUT2D eigenvalue weighted by Crippen LogP contribution is 2.29. The molecule has 0 spiro atoms. The molecule has 0 fully saturated rings. The smallest absolute Gasteiger partial charge is 0.277 e. The number of rotatable bonds is 4. The summed E-state index contributed by atoms with van der Waals surface area (Å²) >= 11 is 4.70. The molecular weight excluding hydrogens is 414 g/mol. The molecule has 0 atom stereocenters. The molecule has 0 unspecified atom stereocenters. The fraction of sp³-hybridized carbons (Fsp3) is 0.211. The van der Waals surface area contributed by atoms with Crippen LogP contribution in [-0.2, 0) is 11.2 Å². The van der Waals surface area contributed by atoms with Gasteiger partial charge in [-0.1, -0.05) is 52.0 Å². The van der Waals surface area contributed by atoms with Crippen molar-refractivity contribution < 1.29 is 9.21 Å². The lowest BCUT2D eigenvalue weighted by atomic mass is 10.0. The predicted molar refractivity (Wildman–Crippen MR) is 105 cm³/mol. The molecule has 2 heterocycles. The van der Waals surface area contributed by atoms with Gasteiger partial charge < -0.3 is 9.32 Å². The third kappa shape index (κ3) is 3.68. The standard InChI is InChI=1S/C19H16BrN3O2S/c20-15-8-3-6-14(11-15)18-21-22-19(25-18)26-12-17(24)23-10-4-7-13-5-1-2-9-16(13)23/h1-3,5-6,8-9,11H,4,7,10,12H2. The van der Waals surface area contributed by atoms with Crippen LogP contribution in [0, 0.1) is 0 Å². The van der Waals surface area contributed by atoms with E-state index in [2.05, 4.69) is 32.2 Å². The van der Waals surface area contributed by atoms with Gasteiger partial charge in [0, 0.05) is 22.3 Å². The molecule has 1 aliphatic heterocycles. The largest absolute Gasteiger partial charge is 0.411 e. The van der Waals surface area contributed by atoms with E-state index in [-0.39, 0.29) is 11.7 Å². The van der Waals surface area contributed by atoms with Gasteiger partial charge in [-0.2, -0.15) is 0 Å². The normalized spacial score (nSPS) is 13.5. The lowest BCUT2D eigenvalue weighted by Crippen LogP contribution is -2.36. The maximum Gasteiger partial charge on any atom is 0.277 e. The summed E-state index contributed by atoms with van der Waals surface area (Å²) in [6.07, 6.45) is 2.01. The molecule has 2 aromatic carbocycles. The van der Waals surface area contributed by atoms with Gasteiger partial charge in [-0.3, -0.25) is 4.79 Å². The van der Waals surface area contributed by atoms with Crippen molar-refractivity contribution in [2.24, 2.45) is 0 Å². The first kappa shape index (κ1) is 17.3. The van der Waals surface area contributed by atoms with Crippen LogP contribution in [-0.4, -0.2) is 28.4 Å². The molecule has 1 aromatic heterocycles. The van der Waals surface area contributed by atoms with E-state index in [4.69, 9.17) is 4.42 Å². The lowest BCUT2D eigenvalue weighted by Gasteiger charge is -2.29. The van der Waals surface area contributed by atoms with E-state index in [9.17, 15) is 4.79 Å². The molecule has 26 heavy (non-hydrogen) atoms. The van der Waals surface area contributed by atoms with Gasteiger partial charge in [0.25, 0.3) is 5.22 Å². The quantitative estimate of drug-likeness (QED) is 0.568. The van der Waals surface area contributed by atoms with Gasteiger partial charge in [0.15, 0.2) is 0 Å². The summed E-state index contributed by atoms with van der Waals surface area (Å²) in [6, 6.07) is 15.8. The Labute approximate surface area is 163 Å². The lowest BCUT2D eigenvalue weighted by molar-refractivity contribution is -0.116. The fourth-order valence-electron chi connectivity index (χ4n) is 3.00. The van der Waals surface area contributed by atoms with Crippen molar-refractivity contribution in [3.05, 3.63) is 58.6 Å². The molecule has 0 aliphatic carbocycles. The van der Waals surface area contributed by atoms with Crippen molar-refractivity contribution in [2.45, 2.75) is 18.1 Å². The zero-order valence-electron chi connectivity index (χ0n) is 13.9.